The van der Waals surface area contributed by atoms with Crippen molar-refractivity contribution < 1.29 is 4.74 Å². The molecule has 2 aromatic carbocycles. The Labute approximate surface area is 120 Å². The molecule has 106 valence electrons. The van der Waals surface area contributed by atoms with Crippen LogP contribution >= 0.6 is 0 Å². The molecule has 0 heterocycles. The Bertz CT molecular complexity index is 524. The molecule has 0 fully saturated rings. The summed E-state index contributed by atoms with van der Waals surface area (Å²) in [6.45, 7) is 2.71. The highest BCUT2D eigenvalue weighted by Gasteiger charge is 2.22. The molecule has 3 heteroatoms. The number of methoxy groups -OCH3 is 1. The quantitative estimate of drug-likeness (QED) is 0.848. The average molecular weight is 270 g/mol. The summed E-state index contributed by atoms with van der Waals surface area (Å²) < 4.78 is 5.17. The molecule has 2 rings (SSSR count). The van der Waals surface area contributed by atoms with Crippen LogP contribution in [0.1, 0.15) is 12.5 Å². The van der Waals surface area contributed by atoms with Crippen LogP contribution in [0, 0.1) is 0 Å². The lowest BCUT2D eigenvalue weighted by atomic mass is 9.92. The first-order valence-electron chi connectivity index (χ1n) is 6.81. The van der Waals surface area contributed by atoms with Gasteiger partial charge in [-0.2, -0.15) is 0 Å². The minimum atomic E-state index is -0.171. The molecule has 3 N–H and O–H groups in total. The molecule has 0 saturated carbocycles. The van der Waals surface area contributed by atoms with Crippen LogP contribution in [0.25, 0.3) is 0 Å². The number of nitrogens with one attached hydrogen (secondary N) is 1. The normalized spacial score (nSPS) is 13.6. The van der Waals surface area contributed by atoms with Crippen LogP contribution < -0.4 is 15.8 Å². The summed E-state index contributed by atoms with van der Waals surface area (Å²) in [5.74, 6) is 0.855. The summed E-state index contributed by atoms with van der Waals surface area (Å²) in [5.41, 5.74) is 8.13. The molecule has 0 bridgehead atoms. The Kier molecular flexibility index (Phi) is 4.64. The number of ether oxygens (including phenoxy) is 1. The second-order valence-electron chi connectivity index (χ2n) is 5.28. The monoisotopic (exact) mass is 270 g/mol. The molecule has 1 atom stereocenters. The van der Waals surface area contributed by atoms with Crippen LogP contribution in [-0.2, 0) is 6.42 Å². The molecule has 3 nitrogen and oxygen atoms in total. The summed E-state index contributed by atoms with van der Waals surface area (Å²) in [7, 11) is 1.67. The van der Waals surface area contributed by atoms with Crippen molar-refractivity contribution in [2.45, 2.75) is 18.9 Å². The van der Waals surface area contributed by atoms with Gasteiger partial charge in [0.05, 0.1) is 12.6 Å². The summed E-state index contributed by atoms with van der Waals surface area (Å²) in [5, 5.41) is 3.52. The van der Waals surface area contributed by atoms with E-state index in [1.165, 1.54) is 5.56 Å². The molecular weight excluding hydrogens is 248 g/mol. The third kappa shape index (κ3) is 3.75. The van der Waals surface area contributed by atoms with Gasteiger partial charge in [0.2, 0.25) is 0 Å². The van der Waals surface area contributed by atoms with E-state index < -0.39 is 0 Å². The molecule has 0 spiro atoms. The van der Waals surface area contributed by atoms with Crippen molar-refractivity contribution in [3.05, 3.63) is 60.2 Å². The molecule has 0 radical (unpaired) electrons. The van der Waals surface area contributed by atoms with Gasteiger partial charge in [-0.3, -0.25) is 0 Å². The number of anilines is 1. The first-order valence-corrected chi connectivity index (χ1v) is 6.81. The molecule has 2 aromatic rings. The van der Waals surface area contributed by atoms with Gasteiger partial charge in [0.15, 0.2) is 0 Å². The highest BCUT2D eigenvalue weighted by Crippen LogP contribution is 2.21. The van der Waals surface area contributed by atoms with Crippen molar-refractivity contribution >= 4 is 5.69 Å². The van der Waals surface area contributed by atoms with Gasteiger partial charge in [0, 0.05) is 12.2 Å². The molecule has 20 heavy (non-hydrogen) atoms. The predicted octanol–water partition coefficient (Wildman–Crippen LogP) is 3.07. The first kappa shape index (κ1) is 14.4. The molecule has 0 aromatic heterocycles. The van der Waals surface area contributed by atoms with E-state index in [1.54, 1.807) is 7.11 Å². The number of hydrogen-bond donors (Lipinski definition) is 2. The fourth-order valence-corrected chi connectivity index (χ4v) is 2.24. The van der Waals surface area contributed by atoms with Gasteiger partial charge in [0.1, 0.15) is 5.75 Å². The van der Waals surface area contributed by atoms with E-state index in [1.807, 2.05) is 30.3 Å². The van der Waals surface area contributed by atoms with E-state index in [-0.39, 0.29) is 5.54 Å². The summed E-state index contributed by atoms with van der Waals surface area (Å²) in [6, 6.07) is 18.3. The van der Waals surface area contributed by atoms with Crippen LogP contribution in [0.5, 0.6) is 5.75 Å². The summed E-state index contributed by atoms with van der Waals surface area (Å²) >= 11 is 0. The Morgan fingerprint density at radius 1 is 1.05 bits per heavy atom. The molecule has 0 amide bonds. The predicted molar refractivity (Wildman–Crippen MR) is 84.2 cm³/mol. The topological polar surface area (TPSA) is 47.3 Å². The van der Waals surface area contributed by atoms with E-state index in [4.69, 9.17) is 10.5 Å². The Hall–Kier alpha value is -2.00. The van der Waals surface area contributed by atoms with E-state index >= 15 is 0 Å². The highest BCUT2D eigenvalue weighted by atomic mass is 16.5. The van der Waals surface area contributed by atoms with Gasteiger partial charge in [-0.15, -0.1) is 0 Å². The van der Waals surface area contributed by atoms with Crippen LogP contribution in [0.15, 0.2) is 54.6 Å². The smallest absolute Gasteiger partial charge is 0.119 e. The van der Waals surface area contributed by atoms with Crippen molar-refractivity contribution in [3.63, 3.8) is 0 Å². The summed E-state index contributed by atoms with van der Waals surface area (Å²) in [4.78, 5) is 0. The van der Waals surface area contributed by atoms with E-state index in [2.05, 4.69) is 36.5 Å². The van der Waals surface area contributed by atoms with Gasteiger partial charge in [-0.05, 0) is 43.2 Å². The third-order valence-corrected chi connectivity index (χ3v) is 3.42. The Balaban J connectivity index is 2.09. The molecule has 0 aliphatic heterocycles. The fraction of sp³-hybridized carbons (Fsp3) is 0.294. The van der Waals surface area contributed by atoms with Gasteiger partial charge in [-0.1, -0.05) is 30.3 Å². The largest absolute Gasteiger partial charge is 0.497 e. The SMILES string of the molecule is COc1ccc(NC(C)(CN)Cc2ccccc2)cc1. The van der Waals surface area contributed by atoms with Crippen LogP contribution in [0.3, 0.4) is 0 Å². The van der Waals surface area contributed by atoms with Crippen LogP contribution in [0.4, 0.5) is 5.69 Å². The second-order valence-corrected chi connectivity index (χ2v) is 5.28. The lowest BCUT2D eigenvalue weighted by Gasteiger charge is -2.31. The van der Waals surface area contributed by atoms with E-state index in [0.29, 0.717) is 6.54 Å². The maximum absolute atomic E-state index is 5.97. The molecular formula is C17H22N2O. The van der Waals surface area contributed by atoms with Crippen LogP contribution in [-0.4, -0.2) is 19.2 Å². The summed E-state index contributed by atoms with van der Waals surface area (Å²) in [6.07, 6.45) is 0.885. The number of benzene rings is 2. The molecule has 0 saturated heterocycles. The minimum Gasteiger partial charge on any atom is -0.497 e. The molecule has 1 unspecified atom stereocenters. The number of hydrogen-bond acceptors (Lipinski definition) is 3. The maximum Gasteiger partial charge on any atom is 0.119 e. The lowest BCUT2D eigenvalue weighted by molar-refractivity contribution is 0.415. The van der Waals surface area contributed by atoms with E-state index in [0.717, 1.165) is 17.9 Å². The standard InChI is InChI=1S/C17H22N2O/c1-17(13-18,12-14-6-4-3-5-7-14)19-15-8-10-16(20-2)11-9-15/h3-11,19H,12-13,18H2,1-2H3. The highest BCUT2D eigenvalue weighted by molar-refractivity contribution is 5.48. The van der Waals surface area contributed by atoms with Gasteiger partial charge < -0.3 is 15.8 Å². The number of nitrogens with two attached hydrogens (primary N) is 1. The van der Waals surface area contributed by atoms with Crippen molar-refractivity contribution in [1.29, 1.82) is 0 Å². The van der Waals surface area contributed by atoms with Crippen molar-refractivity contribution in [2.24, 2.45) is 5.73 Å². The van der Waals surface area contributed by atoms with Gasteiger partial charge in [0.25, 0.3) is 0 Å². The zero-order chi connectivity index (χ0) is 14.4. The zero-order valence-corrected chi connectivity index (χ0v) is 12.1. The minimum absolute atomic E-state index is 0.171. The Morgan fingerprint density at radius 3 is 2.25 bits per heavy atom. The zero-order valence-electron chi connectivity index (χ0n) is 12.1. The van der Waals surface area contributed by atoms with Crippen molar-refractivity contribution in [1.82, 2.24) is 0 Å². The van der Waals surface area contributed by atoms with Crippen LogP contribution in [0.2, 0.25) is 0 Å². The van der Waals surface area contributed by atoms with Crippen molar-refractivity contribution in [2.75, 3.05) is 19.0 Å². The van der Waals surface area contributed by atoms with Gasteiger partial charge in [-0.25, -0.2) is 0 Å². The second kappa shape index (κ2) is 6.44. The van der Waals surface area contributed by atoms with Crippen molar-refractivity contribution in [3.8, 4) is 5.75 Å². The average Bonchev–Trinajstić information content (AvgIpc) is 2.49. The Morgan fingerprint density at radius 2 is 1.70 bits per heavy atom. The van der Waals surface area contributed by atoms with Gasteiger partial charge >= 0.3 is 0 Å². The van der Waals surface area contributed by atoms with E-state index in [9.17, 15) is 0 Å². The molecule has 0 aliphatic rings. The maximum atomic E-state index is 5.97. The lowest BCUT2D eigenvalue weighted by Crippen LogP contribution is -2.44. The molecule has 0 aliphatic carbocycles. The first-order chi connectivity index (χ1) is 9.65. The fourth-order valence-electron chi connectivity index (χ4n) is 2.24. The third-order valence-electron chi connectivity index (χ3n) is 3.42. The number of rotatable bonds is 6.